The number of anilines is 1. The summed E-state index contributed by atoms with van der Waals surface area (Å²) >= 11 is 6.55. The maximum atomic E-state index is 14.7. The topological polar surface area (TPSA) is 66.5 Å². The van der Waals surface area contributed by atoms with Crippen LogP contribution in [0.2, 0.25) is 5.02 Å². The van der Waals surface area contributed by atoms with E-state index in [9.17, 15) is 18.8 Å². The molecule has 1 fully saturated rings. The minimum atomic E-state index is -1.45. The first-order chi connectivity index (χ1) is 19.4. The van der Waals surface area contributed by atoms with Gasteiger partial charge in [-0.2, -0.15) is 0 Å². The maximum Gasteiger partial charge on any atom is 0.238 e. The van der Waals surface area contributed by atoms with E-state index in [1.807, 2.05) is 59.5 Å². The number of carbonyl (C=O) groups is 3. The molecule has 1 spiro atoms. The Balaban J connectivity index is 1.55. The number of carbonyl (C=O) groups excluding carboxylic acids is 3. The maximum absolute atomic E-state index is 14.7. The van der Waals surface area contributed by atoms with Crippen molar-refractivity contribution in [1.82, 2.24) is 4.90 Å². The summed E-state index contributed by atoms with van der Waals surface area (Å²) in [5, 5.41) is 3.25. The Kier molecular flexibility index (Phi) is 5.51. The molecule has 5 nitrogen and oxygen atoms in total. The number of para-hydroxylation sites is 1. The SMILES string of the molecule is O=C(c1ccc(F)cc1)[C@@H]1[C@@H](C(=O)c2ccccc2Cl)[C@@]2(C(=O)Nc3ccccc32)[C@H]2c3ccccc3C=CN12. The number of hydrogen-bond donors (Lipinski definition) is 1. The van der Waals surface area contributed by atoms with Gasteiger partial charge in [0.15, 0.2) is 11.6 Å². The third kappa shape index (κ3) is 3.29. The van der Waals surface area contributed by atoms with E-state index >= 15 is 0 Å². The Bertz CT molecular complexity index is 1750. The third-order valence-corrected chi connectivity index (χ3v) is 8.72. The van der Waals surface area contributed by atoms with Crippen LogP contribution in [0.3, 0.4) is 0 Å². The van der Waals surface area contributed by atoms with Gasteiger partial charge in [0, 0.05) is 23.0 Å². The summed E-state index contributed by atoms with van der Waals surface area (Å²) < 4.78 is 13.8. The van der Waals surface area contributed by atoms with Crippen molar-refractivity contribution in [2.75, 3.05) is 5.32 Å². The van der Waals surface area contributed by atoms with Crippen LogP contribution in [0.25, 0.3) is 6.08 Å². The molecule has 0 aromatic heterocycles. The fourth-order valence-corrected chi connectivity index (χ4v) is 7.01. The van der Waals surface area contributed by atoms with Gasteiger partial charge in [0.05, 0.1) is 17.0 Å². The molecule has 196 valence electrons. The number of nitrogens with zero attached hydrogens (tertiary/aromatic N) is 1. The molecule has 0 saturated carbocycles. The first-order valence-electron chi connectivity index (χ1n) is 13.0. The molecular weight excluding hydrogens is 527 g/mol. The van der Waals surface area contributed by atoms with Gasteiger partial charge in [0.1, 0.15) is 17.3 Å². The van der Waals surface area contributed by atoms with Crippen LogP contribution >= 0.6 is 11.6 Å². The number of rotatable bonds is 4. The van der Waals surface area contributed by atoms with Crippen molar-refractivity contribution in [3.05, 3.63) is 142 Å². The van der Waals surface area contributed by atoms with Gasteiger partial charge < -0.3 is 10.2 Å². The predicted octanol–water partition coefficient (Wildman–Crippen LogP) is 6.46. The summed E-state index contributed by atoms with van der Waals surface area (Å²) in [6.07, 6.45) is 3.69. The van der Waals surface area contributed by atoms with E-state index < -0.39 is 35.0 Å². The summed E-state index contributed by atoms with van der Waals surface area (Å²) in [5.74, 6) is -2.76. The zero-order valence-electron chi connectivity index (χ0n) is 21.1. The number of amides is 1. The highest BCUT2D eigenvalue weighted by Gasteiger charge is 2.70. The van der Waals surface area contributed by atoms with E-state index in [-0.39, 0.29) is 27.8 Å². The lowest BCUT2D eigenvalue weighted by atomic mass is 9.62. The smallest absolute Gasteiger partial charge is 0.238 e. The minimum absolute atomic E-state index is 0.236. The average Bonchev–Trinajstić information content (AvgIpc) is 3.45. The molecule has 1 saturated heterocycles. The van der Waals surface area contributed by atoms with E-state index in [1.54, 1.807) is 30.5 Å². The Labute approximate surface area is 234 Å². The highest BCUT2D eigenvalue weighted by Crippen LogP contribution is 2.62. The van der Waals surface area contributed by atoms with Crippen LogP contribution in [0.1, 0.15) is 43.4 Å². The molecule has 7 heteroatoms. The van der Waals surface area contributed by atoms with E-state index in [2.05, 4.69) is 5.32 Å². The molecule has 3 aliphatic rings. The van der Waals surface area contributed by atoms with Gasteiger partial charge in [-0.15, -0.1) is 0 Å². The predicted molar refractivity (Wildman–Crippen MR) is 151 cm³/mol. The van der Waals surface area contributed by atoms with Crippen molar-refractivity contribution in [1.29, 1.82) is 0 Å². The van der Waals surface area contributed by atoms with Gasteiger partial charge >= 0.3 is 0 Å². The van der Waals surface area contributed by atoms with E-state index in [4.69, 9.17) is 11.6 Å². The highest BCUT2D eigenvalue weighted by molar-refractivity contribution is 6.34. The molecule has 3 heterocycles. The van der Waals surface area contributed by atoms with Crippen molar-refractivity contribution in [3.63, 3.8) is 0 Å². The van der Waals surface area contributed by atoms with Crippen LogP contribution in [0, 0.1) is 11.7 Å². The largest absolute Gasteiger partial charge is 0.358 e. The van der Waals surface area contributed by atoms with Crippen LogP contribution in [0.15, 0.2) is 103 Å². The van der Waals surface area contributed by atoms with Crippen LogP contribution in [-0.2, 0) is 10.2 Å². The Morgan fingerprint density at radius 3 is 2.35 bits per heavy atom. The lowest BCUT2D eigenvalue weighted by Gasteiger charge is -2.38. The molecule has 1 amide bonds. The molecule has 0 aliphatic carbocycles. The van der Waals surface area contributed by atoms with Crippen LogP contribution in [0.4, 0.5) is 10.1 Å². The van der Waals surface area contributed by atoms with Crippen LogP contribution in [0.5, 0.6) is 0 Å². The number of benzene rings is 4. The van der Waals surface area contributed by atoms with Crippen molar-refractivity contribution in [2.24, 2.45) is 5.92 Å². The molecule has 3 aliphatic heterocycles. The monoisotopic (exact) mass is 548 g/mol. The third-order valence-electron chi connectivity index (χ3n) is 8.39. The van der Waals surface area contributed by atoms with Crippen LogP contribution in [-0.4, -0.2) is 28.4 Å². The standard InChI is InChI=1S/C33H22ClFN2O3/c34-25-11-5-3-9-23(25)30(39)27-28(29(38)20-13-15-21(35)16-14-20)37-18-17-19-7-1-2-8-22(19)31(37)33(27)24-10-4-6-12-26(24)36-32(33)40/h1-18,27-28,31H,(H,36,40)/t27-,28-,31+,33+/m0/s1. The first-order valence-corrected chi connectivity index (χ1v) is 13.3. The van der Waals surface area contributed by atoms with Crippen LogP contribution < -0.4 is 5.32 Å². The Hall–Kier alpha value is -4.55. The number of hydrogen-bond acceptors (Lipinski definition) is 4. The number of nitrogens with one attached hydrogen (secondary N) is 1. The molecule has 0 radical (unpaired) electrons. The molecule has 0 bridgehead atoms. The summed E-state index contributed by atoms with van der Waals surface area (Å²) in [6.45, 7) is 0. The summed E-state index contributed by atoms with van der Waals surface area (Å²) in [4.78, 5) is 45.3. The van der Waals surface area contributed by atoms with Gasteiger partial charge in [-0.3, -0.25) is 14.4 Å². The lowest BCUT2D eigenvalue weighted by molar-refractivity contribution is -0.122. The first kappa shape index (κ1) is 24.5. The van der Waals surface area contributed by atoms with E-state index in [1.165, 1.54) is 24.3 Å². The number of halogens is 2. The second-order valence-electron chi connectivity index (χ2n) is 10.3. The summed E-state index contributed by atoms with van der Waals surface area (Å²) in [6, 6.07) is 25.2. The zero-order valence-corrected chi connectivity index (χ0v) is 21.8. The molecule has 7 rings (SSSR count). The number of ketones is 2. The molecule has 4 aromatic carbocycles. The minimum Gasteiger partial charge on any atom is -0.358 e. The second-order valence-corrected chi connectivity index (χ2v) is 10.7. The molecule has 4 atom stereocenters. The molecule has 0 unspecified atom stereocenters. The lowest BCUT2D eigenvalue weighted by Crippen LogP contribution is -2.49. The summed E-state index contributed by atoms with van der Waals surface area (Å²) in [7, 11) is 0. The van der Waals surface area contributed by atoms with Crippen molar-refractivity contribution in [2.45, 2.75) is 17.5 Å². The van der Waals surface area contributed by atoms with Crippen molar-refractivity contribution in [3.8, 4) is 0 Å². The van der Waals surface area contributed by atoms with Gasteiger partial charge in [-0.05, 0) is 65.2 Å². The summed E-state index contributed by atoms with van der Waals surface area (Å²) in [5.41, 5.74) is 2.03. The highest BCUT2D eigenvalue weighted by atomic mass is 35.5. The molecule has 40 heavy (non-hydrogen) atoms. The van der Waals surface area contributed by atoms with Crippen molar-refractivity contribution >= 4 is 40.8 Å². The van der Waals surface area contributed by atoms with Gasteiger partial charge in [-0.25, -0.2) is 4.39 Å². The fourth-order valence-electron chi connectivity index (χ4n) is 6.78. The second kappa shape index (κ2) is 9.00. The van der Waals surface area contributed by atoms with Gasteiger partial charge in [-0.1, -0.05) is 66.2 Å². The van der Waals surface area contributed by atoms with Gasteiger partial charge in [0.2, 0.25) is 5.91 Å². The van der Waals surface area contributed by atoms with E-state index in [0.717, 1.165) is 11.1 Å². The fraction of sp³-hybridized carbons (Fsp3) is 0.121. The molecule has 1 N–H and O–H groups in total. The van der Waals surface area contributed by atoms with Gasteiger partial charge in [0.25, 0.3) is 0 Å². The average molecular weight is 549 g/mol. The Morgan fingerprint density at radius 1 is 0.850 bits per heavy atom. The zero-order chi connectivity index (χ0) is 27.6. The molecular formula is C33H22ClFN2O3. The number of fused-ring (bicyclic) bond motifs is 6. The molecule has 4 aromatic rings. The number of Topliss-reactive ketones (excluding diaryl/α,β-unsaturated/α-hetero) is 2. The Morgan fingerprint density at radius 2 is 1.55 bits per heavy atom. The van der Waals surface area contributed by atoms with Crippen molar-refractivity contribution < 1.29 is 18.8 Å². The quantitative estimate of drug-likeness (QED) is 0.297. The normalized spacial score (nSPS) is 23.9. The van der Waals surface area contributed by atoms with E-state index in [0.29, 0.717) is 11.3 Å².